The van der Waals surface area contributed by atoms with Gasteiger partial charge in [0, 0.05) is 39.3 Å². The zero-order valence-electron chi connectivity index (χ0n) is 14.1. The number of nitrogens with one attached hydrogen (secondary N) is 1. The highest BCUT2D eigenvalue weighted by Gasteiger charge is 2.20. The number of anilines is 1. The van der Waals surface area contributed by atoms with Gasteiger partial charge in [-0.15, -0.1) is 0 Å². The Kier molecular flexibility index (Phi) is 4.21. The summed E-state index contributed by atoms with van der Waals surface area (Å²) in [6.07, 6.45) is 3.53. The maximum atomic E-state index is 4.57. The Morgan fingerprint density at radius 3 is 2.73 bits per heavy atom. The minimum absolute atomic E-state index is 0.560. The molecule has 0 unspecified atom stereocenters. The van der Waals surface area contributed by atoms with Crippen molar-refractivity contribution in [3.8, 4) is 0 Å². The number of benzene rings is 1. The molecule has 0 amide bonds. The van der Waals surface area contributed by atoms with Crippen molar-refractivity contribution in [1.82, 2.24) is 15.1 Å². The normalized spacial score (nSPS) is 17.4. The van der Waals surface area contributed by atoms with Crippen molar-refractivity contribution >= 4 is 5.82 Å². The fourth-order valence-electron chi connectivity index (χ4n) is 3.57. The zero-order chi connectivity index (χ0) is 15.7. The summed E-state index contributed by atoms with van der Waals surface area (Å²) in [5.41, 5.74) is 5.45. The average molecular weight is 298 g/mol. The monoisotopic (exact) mass is 298 g/mol. The van der Waals surface area contributed by atoms with Crippen LogP contribution in [-0.4, -0.2) is 29.9 Å². The lowest BCUT2D eigenvalue weighted by Gasteiger charge is -2.26. The lowest BCUT2D eigenvalue weighted by atomic mass is 9.88. The largest absolute Gasteiger partial charge is 0.363 e. The Morgan fingerprint density at radius 1 is 1.27 bits per heavy atom. The lowest BCUT2D eigenvalue weighted by Crippen LogP contribution is -2.34. The van der Waals surface area contributed by atoms with Crippen molar-refractivity contribution in [3.05, 3.63) is 46.6 Å². The second-order valence-corrected chi connectivity index (χ2v) is 6.49. The van der Waals surface area contributed by atoms with Crippen molar-refractivity contribution in [1.29, 1.82) is 0 Å². The Morgan fingerprint density at radius 2 is 2.00 bits per heavy atom. The van der Waals surface area contributed by atoms with Gasteiger partial charge in [0.15, 0.2) is 0 Å². The van der Waals surface area contributed by atoms with E-state index < -0.39 is 0 Å². The molecule has 1 aromatic heterocycles. The molecular formula is C18H26N4. The summed E-state index contributed by atoms with van der Waals surface area (Å²) in [6.45, 7) is 2.99. The highest BCUT2D eigenvalue weighted by Crippen LogP contribution is 2.24. The van der Waals surface area contributed by atoms with E-state index in [1.165, 1.54) is 35.3 Å². The van der Waals surface area contributed by atoms with E-state index in [9.17, 15) is 0 Å². The highest BCUT2D eigenvalue weighted by molar-refractivity contribution is 5.48. The summed E-state index contributed by atoms with van der Waals surface area (Å²) in [7, 11) is 6.18. The Hall–Kier alpha value is -1.81. The molecule has 0 aliphatic heterocycles. The van der Waals surface area contributed by atoms with Gasteiger partial charge in [-0.05, 0) is 37.3 Å². The standard InChI is InChI=1S/C18H26N4/c1-13-17(18(21(2)3)22(4)20-13)12-19-16-10-9-14-7-5-6-8-15(14)11-16/h5-8,16,19H,9-12H2,1-4H3/t16-/m1/s1. The Labute approximate surface area is 133 Å². The van der Waals surface area contributed by atoms with E-state index >= 15 is 0 Å². The maximum absolute atomic E-state index is 4.57. The number of aryl methyl sites for hydroxylation is 3. The van der Waals surface area contributed by atoms with Gasteiger partial charge in [-0.2, -0.15) is 5.10 Å². The summed E-state index contributed by atoms with van der Waals surface area (Å²) in [5, 5.41) is 8.32. The van der Waals surface area contributed by atoms with Crippen molar-refractivity contribution < 1.29 is 0 Å². The van der Waals surface area contributed by atoms with Gasteiger partial charge < -0.3 is 10.2 Å². The van der Waals surface area contributed by atoms with Crippen LogP contribution in [0.3, 0.4) is 0 Å². The van der Waals surface area contributed by atoms with Crippen LogP contribution in [0.2, 0.25) is 0 Å². The van der Waals surface area contributed by atoms with E-state index in [2.05, 4.69) is 60.6 Å². The molecule has 1 atom stereocenters. The van der Waals surface area contributed by atoms with E-state index in [0.717, 1.165) is 18.7 Å². The smallest absolute Gasteiger partial charge is 0.130 e. The fraction of sp³-hybridized carbons (Fsp3) is 0.500. The quantitative estimate of drug-likeness (QED) is 0.941. The molecule has 0 saturated heterocycles. The minimum atomic E-state index is 0.560. The first-order valence-corrected chi connectivity index (χ1v) is 8.06. The molecule has 4 heteroatoms. The zero-order valence-corrected chi connectivity index (χ0v) is 14.1. The van der Waals surface area contributed by atoms with Crippen LogP contribution in [0.1, 0.15) is 28.8 Å². The molecular weight excluding hydrogens is 272 g/mol. The van der Waals surface area contributed by atoms with Crippen LogP contribution in [0.4, 0.5) is 5.82 Å². The summed E-state index contributed by atoms with van der Waals surface area (Å²) in [4.78, 5) is 2.15. The summed E-state index contributed by atoms with van der Waals surface area (Å²) >= 11 is 0. The molecule has 0 radical (unpaired) electrons. The molecule has 1 aliphatic carbocycles. The molecule has 2 aromatic rings. The van der Waals surface area contributed by atoms with Gasteiger partial charge in [-0.1, -0.05) is 24.3 Å². The molecule has 0 fully saturated rings. The number of aromatic nitrogens is 2. The topological polar surface area (TPSA) is 33.1 Å². The van der Waals surface area contributed by atoms with E-state index in [0.29, 0.717) is 6.04 Å². The number of nitrogens with zero attached hydrogens (tertiary/aromatic N) is 3. The number of hydrogen-bond acceptors (Lipinski definition) is 3. The molecule has 1 aromatic carbocycles. The molecule has 1 aliphatic rings. The number of rotatable bonds is 4. The molecule has 3 rings (SSSR count). The second-order valence-electron chi connectivity index (χ2n) is 6.49. The predicted octanol–water partition coefficient (Wildman–Crippen LogP) is 2.44. The molecule has 118 valence electrons. The molecule has 4 nitrogen and oxygen atoms in total. The summed E-state index contributed by atoms with van der Waals surface area (Å²) in [5.74, 6) is 1.20. The van der Waals surface area contributed by atoms with Crippen molar-refractivity contribution in [2.75, 3.05) is 19.0 Å². The van der Waals surface area contributed by atoms with Crippen LogP contribution < -0.4 is 10.2 Å². The van der Waals surface area contributed by atoms with Gasteiger partial charge in [0.25, 0.3) is 0 Å². The highest BCUT2D eigenvalue weighted by atomic mass is 15.4. The summed E-state index contributed by atoms with van der Waals surface area (Å²) < 4.78 is 1.97. The number of fused-ring (bicyclic) bond motifs is 1. The van der Waals surface area contributed by atoms with E-state index in [1.54, 1.807) is 0 Å². The van der Waals surface area contributed by atoms with E-state index in [1.807, 2.05) is 11.7 Å². The van der Waals surface area contributed by atoms with Crippen LogP contribution in [0.5, 0.6) is 0 Å². The fourth-order valence-corrected chi connectivity index (χ4v) is 3.57. The SMILES string of the molecule is Cc1nn(C)c(N(C)C)c1CN[C@@H]1CCc2ccccc2C1. The van der Waals surface area contributed by atoms with Crippen molar-refractivity contribution in [3.63, 3.8) is 0 Å². The van der Waals surface area contributed by atoms with E-state index in [4.69, 9.17) is 0 Å². The minimum Gasteiger partial charge on any atom is -0.363 e. The Balaban J connectivity index is 1.69. The lowest BCUT2D eigenvalue weighted by molar-refractivity contribution is 0.457. The first kappa shape index (κ1) is 15.1. The number of hydrogen-bond donors (Lipinski definition) is 1. The van der Waals surface area contributed by atoms with Gasteiger partial charge in [-0.25, -0.2) is 0 Å². The third-order valence-corrected chi connectivity index (χ3v) is 4.65. The van der Waals surface area contributed by atoms with Crippen LogP contribution in [0, 0.1) is 6.92 Å². The maximum Gasteiger partial charge on any atom is 0.130 e. The predicted molar refractivity (Wildman–Crippen MR) is 91.4 cm³/mol. The summed E-state index contributed by atoms with van der Waals surface area (Å²) in [6, 6.07) is 9.39. The van der Waals surface area contributed by atoms with Crippen LogP contribution in [0.25, 0.3) is 0 Å². The third-order valence-electron chi connectivity index (χ3n) is 4.65. The molecule has 1 heterocycles. The molecule has 0 spiro atoms. The van der Waals surface area contributed by atoms with Gasteiger partial charge in [0.2, 0.25) is 0 Å². The average Bonchev–Trinajstić information content (AvgIpc) is 2.78. The van der Waals surface area contributed by atoms with Crippen molar-refractivity contribution in [2.45, 2.75) is 38.8 Å². The van der Waals surface area contributed by atoms with Gasteiger partial charge in [0.1, 0.15) is 5.82 Å². The van der Waals surface area contributed by atoms with Gasteiger partial charge in [0.05, 0.1) is 5.69 Å². The molecule has 22 heavy (non-hydrogen) atoms. The van der Waals surface area contributed by atoms with Gasteiger partial charge in [-0.3, -0.25) is 4.68 Å². The second kappa shape index (κ2) is 6.13. The van der Waals surface area contributed by atoms with Crippen LogP contribution in [-0.2, 0) is 26.4 Å². The van der Waals surface area contributed by atoms with E-state index in [-0.39, 0.29) is 0 Å². The van der Waals surface area contributed by atoms with Crippen molar-refractivity contribution in [2.24, 2.45) is 7.05 Å². The van der Waals surface area contributed by atoms with Gasteiger partial charge >= 0.3 is 0 Å². The first-order valence-electron chi connectivity index (χ1n) is 8.06. The first-order chi connectivity index (χ1) is 10.6. The third kappa shape index (κ3) is 2.88. The molecule has 1 N–H and O–H groups in total. The Bertz CT molecular complexity index is 657. The van der Waals surface area contributed by atoms with Crippen LogP contribution >= 0.6 is 0 Å². The van der Waals surface area contributed by atoms with Crippen LogP contribution in [0.15, 0.2) is 24.3 Å². The molecule has 0 bridgehead atoms. The molecule has 0 saturated carbocycles.